The lowest BCUT2D eigenvalue weighted by Gasteiger charge is -2.13. The van der Waals surface area contributed by atoms with Gasteiger partial charge in [-0.05, 0) is 24.8 Å². The summed E-state index contributed by atoms with van der Waals surface area (Å²) in [5.41, 5.74) is 3.65. The Bertz CT molecular complexity index is 224. The third kappa shape index (κ3) is 4.29. The fourth-order valence-corrected chi connectivity index (χ4v) is 1.49. The van der Waals surface area contributed by atoms with Gasteiger partial charge in [0.2, 0.25) is 0 Å². The summed E-state index contributed by atoms with van der Waals surface area (Å²) in [5, 5.41) is 9.02. The minimum absolute atomic E-state index is 0.371. The van der Waals surface area contributed by atoms with Gasteiger partial charge in [-0.15, -0.1) is 5.73 Å². The number of carboxylic acid groups (broad SMARTS) is 1. The van der Waals surface area contributed by atoms with Gasteiger partial charge in [-0.25, -0.2) is 0 Å². The van der Waals surface area contributed by atoms with Crippen LogP contribution in [0.25, 0.3) is 0 Å². The van der Waals surface area contributed by atoms with Gasteiger partial charge in [0.05, 0.1) is 5.92 Å². The van der Waals surface area contributed by atoms with E-state index in [0.717, 1.165) is 31.3 Å². The van der Waals surface area contributed by atoms with Gasteiger partial charge >= 0.3 is 5.97 Å². The predicted octanol–water partition coefficient (Wildman–Crippen LogP) is 3.39. The van der Waals surface area contributed by atoms with Crippen LogP contribution in [-0.4, -0.2) is 11.1 Å². The molecule has 0 aromatic rings. The van der Waals surface area contributed by atoms with E-state index in [0.29, 0.717) is 6.42 Å². The molecule has 2 nitrogen and oxygen atoms in total. The summed E-state index contributed by atoms with van der Waals surface area (Å²) in [6.07, 6.45) is 4.48. The minimum Gasteiger partial charge on any atom is -0.481 e. The highest BCUT2D eigenvalue weighted by molar-refractivity contribution is 5.73. The van der Waals surface area contributed by atoms with Gasteiger partial charge < -0.3 is 5.11 Å². The van der Waals surface area contributed by atoms with E-state index < -0.39 is 5.97 Å². The summed E-state index contributed by atoms with van der Waals surface area (Å²) >= 11 is 0. The Morgan fingerprint density at radius 2 is 2.07 bits per heavy atom. The first-order chi connectivity index (χ1) is 6.67. The Labute approximate surface area is 86.3 Å². The molecule has 0 spiro atoms. The molecule has 0 aliphatic rings. The number of hydrogen-bond acceptors (Lipinski definition) is 1. The zero-order valence-electron chi connectivity index (χ0n) is 9.18. The van der Waals surface area contributed by atoms with Crippen LogP contribution in [-0.2, 0) is 4.79 Å². The Balaban J connectivity index is 4.44. The lowest BCUT2D eigenvalue weighted by Crippen LogP contribution is -2.15. The molecule has 80 valence electrons. The van der Waals surface area contributed by atoms with Gasteiger partial charge in [-0.3, -0.25) is 4.79 Å². The summed E-state index contributed by atoms with van der Waals surface area (Å²) in [6.45, 7) is 7.66. The highest BCUT2D eigenvalue weighted by Crippen LogP contribution is 2.21. The average Bonchev–Trinajstić information content (AvgIpc) is 2.17. The third-order valence-corrected chi connectivity index (χ3v) is 2.32. The van der Waals surface area contributed by atoms with Crippen molar-refractivity contribution >= 4 is 5.97 Å². The maximum atomic E-state index is 11.0. The molecule has 2 heteroatoms. The molecule has 0 bridgehead atoms. The molecule has 14 heavy (non-hydrogen) atoms. The van der Waals surface area contributed by atoms with Gasteiger partial charge in [-0.1, -0.05) is 33.3 Å². The van der Waals surface area contributed by atoms with E-state index in [-0.39, 0.29) is 5.92 Å². The quantitative estimate of drug-likeness (QED) is 0.634. The first kappa shape index (κ1) is 13.0. The molecule has 0 saturated carbocycles. The highest BCUT2D eigenvalue weighted by atomic mass is 16.4. The molecule has 1 atom stereocenters. The molecule has 0 aliphatic heterocycles. The number of carboxylic acids is 1. The van der Waals surface area contributed by atoms with Crippen molar-refractivity contribution in [3.05, 3.63) is 17.9 Å². The van der Waals surface area contributed by atoms with Crippen LogP contribution in [0.3, 0.4) is 0 Å². The standard InChI is InChI=1S/C12H20O2/c1-4-7-9-10(6-3)11(8-5-2)12(13)14/h11H,3-5,7-9H2,1-2H3,(H,13,14). The predicted molar refractivity (Wildman–Crippen MR) is 58.2 cm³/mol. The van der Waals surface area contributed by atoms with Crippen LogP contribution in [0.15, 0.2) is 17.9 Å². The molecule has 0 fully saturated rings. The van der Waals surface area contributed by atoms with E-state index in [4.69, 9.17) is 5.11 Å². The SMILES string of the molecule is C=C=C(CCCC)C(CCC)C(=O)O. The van der Waals surface area contributed by atoms with Crippen molar-refractivity contribution in [1.82, 2.24) is 0 Å². The normalized spacial score (nSPS) is 11.9. The topological polar surface area (TPSA) is 37.3 Å². The van der Waals surface area contributed by atoms with Crippen molar-refractivity contribution in [3.8, 4) is 0 Å². The van der Waals surface area contributed by atoms with Crippen molar-refractivity contribution in [2.24, 2.45) is 5.92 Å². The van der Waals surface area contributed by atoms with Crippen molar-refractivity contribution in [2.75, 3.05) is 0 Å². The Morgan fingerprint density at radius 3 is 2.43 bits per heavy atom. The van der Waals surface area contributed by atoms with Crippen LogP contribution < -0.4 is 0 Å². The van der Waals surface area contributed by atoms with E-state index in [1.165, 1.54) is 0 Å². The molecule has 1 N–H and O–H groups in total. The molecule has 0 aromatic heterocycles. The molecule has 0 amide bonds. The fraction of sp³-hybridized carbons (Fsp3) is 0.667. The second-order valence-corrected chi connectivity index (χ2v) is 3.49. The van der Waals surface area contributed by atoms with E-state index in [1.54, 1.807) is 0 Å². The zero-order valence-corrected chi connectivity index (χ0v) is 9.18. The fourth-order valence-electron chi connectivity index (χ4n) is 1.49. The summed E-state index contributed by atoms with van der Waals surface area (Å²) in [5.74, 6) is -1.11. The van der Waals surface area contributed by atoms with Crippen LogP contribution >= 0.6 is 0 Å². The largest absolute Gasteiger partial charge is 0.481 e. The lowest BCUT2D eigenvalue weighted by molar-refractivity contribution is -0.140. The van der Waals surface area contributed by atoms with E-state index in [9.17, 15) is 4.79 Å². The van der Waals surface area contributed by atoms with Gasteiger partial charge in [0, 0.05) is 0 Å². The molecule has 1 unspecified atom stereocenters. The minimum atomic E-state index is -0.742. The maximum absolute atomic E-state index is 11.0. The maximum Gasteiger partial charge on any atom is 0.311 e. The second-order valence-electron chi connectivity index (χ2n) is 3.49. The van der Waals surface area contributed by atoms with Crippen molar-refractivity contribution < 1.29 is 9.90 Å². The summed E-state index contributed by atoms with van der Waals surface area (Å²) in [6, 6.07) is 0. The molecular weight excluding hydrogens is 176 g/mol. The monoisotopic (exact) mass is 196 g/mol. The van der Waals surface area contributed by atoms with Gasteiger partial charge in [0.15, 0.2) is 0 Å². The van der Waals surface area contributed by atoms with E-state index >= 15 is 0 Å². The first-order valence-corrected chi connectivity index (χ1v) is 5.28. The number of unbranched alkanes of at least 4 members (excludes halogenated alkanes) is 1. The van der Waals surface area contributed by atoms with Gasteiger partial charge in [0.25, 0.3) is 0 Å². The van der Waals surface area contributed by atoms with Crippen LogP contribution in [0.1, 0.15) is 46.0 Å². The smallest absolute Gasteiger partial charge is 0.311 e. The number of rotatable bonds is 7. The number of hydrogen-bond donors (Lipinski definition) is 1. The first-order valence-electron chi connectivity index (χ1n) is 5.28. The Kier molecular flexibility index (Phi) is 6.87. The third-order valence-electron chi connectivity index (χ3n) is 2.32. The zero-order chi connectivity index (χ0) is 11.0. The van der Waals surface area contributed by atoms with Crippen LogP contribution in [0.5, 0.6) is 0 Å². The van der Waals surface area contributed by atoms with Gasteiger partial charge in [0.1, 0.15) is 0 Å². The van der Waals surface area contributed by atoms with Crippen molar-refractivity contribution in [1.29, 1.82) is 0 Å². The van der Waals surface area contributed by atoms with Crippen molar-refractivity contribution in [2.45, 2.75) is 46.0 Å². The average molecular weight is 196 g/mol. The molecule has 0 rings (SSSR count). The number of aliphatic carboxylic acids is 1. The number of carbonyl (C=O) groups is 1. The Morgan fingerprint density at radius 1 is 1.43 bits per heavy atom. The summed E-state index contributed by atoms with van der Waals surface area (Å²) in [4.78, 5) is 11.0. The summed E-state index contributed by atoms with van der Waals surface area (Å²) in [7, 11) is 0. The molecule has 0 heterocycles. The van der Waals surface area contributed by atoms with E-state index in [2.05, 4.69) is 19.2 Å². The van der Waals surface area contributed by atoms with Crippen LogP contribution in [0, 0.1) is 5.92 Å². The molecule has 0 aliphatic carbocycles. The Hall–Kier alpha value is -1.01. The molecular formula is C12H20O2. The molecule has 0 aromatic carbocycles. The van der Waals surface area contributed by atoms with Crippen LogP contribution in [0.4, 0.5) is 0 Å². The van der Waals surface area contributed by atoms with Crippen LogP contribution in [0.2, 0.25) is 0 Å². The highest BCUT2D eigenvalue weighted by Gasteiger charge is 2.20. The second kappa shape index (κ2) is 7.40. The molecule has 0 radical (unpaired) electrons. The van der Waals surface area contributed by atoms with Crippen molar-refractivity contribution in [3.63, 3.8) is 0 Å². The van der Waals surface area contributed by atoms with E-state index in [1.807, 2.05) is 6.92 Å². The summed E-state index contributed by atoms with van der Waals surface area (Å²) < 4.78 is 0. The van der Waals surface area contributed by atoms with Gasteiger partial charge in [-0.2, -0.15) is 0 Å². The lowest BCUT2D eigenvalue weighted by atomic mass is 9.91. The molecule has 0 saturated heterocycles.